The van der Waals surface area contributed by atoms with E-state index in [0.717, 1.165) is 74.5 Å². The number of hydrogen-bond donors (Lipinski definition) is 0. The average Bonchev–Trinajstić information content (AvgIpc) is 2.86. The van der Waals surface area contributed by atoms with Crippen LogP contribution in [0.2, 0.25) is 0 Å². The molecule has 0 atom stereocenters. The van der Waals surface area contributed by atoms with Crippen LogP contribution in [0.4, 0.5) is 17.6 Å². The van der Waals surface area contributed by atoms with Crippen molar-refractivity contribution < 1.29 is 22.3 Å². The second kappa shape index (κ2) is 14.2. The van der Waals surface area contributed by atoms with Crippen molar-refractivity contribution >= 4 is 0 Å². The number of benzene rings is 2. The predicted octanol–water partition coefficient (Wildman–Crippen LogP) is 9.86. The lowest BCUT2D eigenvalue weighted by Crippen LogP contribution is -2.22. The zero-order chi connectivity index (χ0) is 26.0. The molecule has 0 aromatic heterocycles. The van der Waals surface area contributed by atoms with Crippen molar-refractivity contribution in [3.8, 4) is 0 Å². The lowest BCUT2D eigenvalue weighted by molar-refractivity contribution is -0.249. The fourth-order valence-corrected chi connectivity index (χ4v) is 5.38. The van der Waals surface area contributed by atoms with Gasteiger partial charge in [-0.3, -0.25) is 0 Å². The number of hydrogen-bond acceptors (Lipinski definition) is 1. The lowest BCUT2D eigenvalue weighted by atomic mass is 9.77. The van der Waals surface area contributed by atoms with Crippen molar-refractivity contribution in [3.63, 3.8) is 0 Å². The molecule has 1 fully saturated rings. The standard InChI is InChI=1S/C31H42F4O/c1-3-5-7-9-23-11-14-25(15-12-23)27-17-18-28(30(33)22-27)31(34,35)36-20-19-26-16-13-24(21-29(26)32)10-8-6-4-2/h13,16-18,21-23,25H,3-12,14-15,19-20H2,1-2H3/t23-,25-. The Kier molecular flexibility index (Phi) is 11.3. The second-order valence-electron chi connectivity index (χ2n) is 10.5. The molecule has 0 saturated heterocycles. The van der Waals surface area contributed by atoms with Gasteiger partial charge in [-0.15, -0.1) is 0 Å². The Morgan fingerprint density at radius 1 is 0.806 bits per heavy atom. The molecule has 0 heterocycles. The van der Waals surface area contributed by atoms with Gasteiger partial charge in [0, 0.05) is 0 Å². The Balaban J connectivity index is 1.51. The molecule has 0 radical (unpaired) electrons. The summed E-state index contributed by atoms with van der Waals surface area (Å²) in [5.74, 6) is -0.396. The van der Waals surface area contributed by atoms with E-state index in [1.54, 1.807) is 12.1 Å². The lowest BCUT2D eigenvalue weighted by Gasteiger charge is -2.29. The van der Waals surface area contributed by atoms with E-state index in [0.29, 0.717) is 5.56 Å². The van der Waals surface area contributed by atoms with Crippen LogP contribution in [0, 0.1) is 17.6 Å². The largest absolute Gasteiger partial charge is 0.386 e. The monoisotopic (exact) mass is 506 g/mol. The third-order valence-corrected chi connectivity index (χ3v) is 7.68. The van der Waals surface area contributed by atoms with Gasteiger partial charge in [-0.05, 0) is 91.7 Å². The van der Waals surface area contributed by atoms with Crippen LogP contribution in [0.15, 0.2) is 36.4 Å². The first-order valence-corrected chi connectivity index (χ1v) is 13.9. The number of halogens is 4. The Morgan fingerprint density at radius 3 is 2.19 bits per heavy atom. The van der Waals surface area contributed by atoms with Crippen LogP contribution in [0.3, 0.4) is 0 Å². The summed E-state index contributed by atoms with van der Waals surface area (Å²) in [6.45, 7) is 3.92. The summed E-state index contributed by atoms with van der Waals surface area (Å²) in [7, 11) is 0. The van der Waals surface area contributed by atoms with Crippen LogP contribution in [0.5, 0.6) is 0 Å². The SMILES string of the molecule is CCCCCc1ccc(CCOC(F)(F)c2ccc([C@H]3CC[C@H](CCCCC)CC3)cc2F)c(F)c1. The summed E-state index contributed by atoms with van der Waals surface area (Å²) in [6.07, 6.45) is 9.41. The van der Waals surface area contributed by atoms with Gasteiger partial charge in [-0.2, -0.15) is 8.78 Å². The summed E-state index contributed by atoms with van der Waals surface area (Å²) in [5, 5.41) is 0. The molecule has 1 saturated carbocycles. The van der Waals surface area contributed by atoms with Crippen molar-refractivity contribution in [1.29, 1.82) is 0 Å². The van der Waals surface area contributed by atoms with Crippen LogP contribution in [0.1, 0.15) is 113 Å². The van der Waals surface area contributed by atoms with E-state index < -0.39 is 29.9 Å². The third-order valence-electron chi connectivity index (χ3n) is 7.68. The Labute approximate surface area is 214 Å². The highest BCUT2D eigenvalue weighted by atomic mass is 19.3. The molecule has 2 aromatic carbocycles. The number of ether oxygens (including phenoxy) is 1. The molecule has 1 aliphatic carbocycles. The van der Waals surface area contributed by atoms with Crippen molar-refractivity contribution in [3.05, 3.63) is 70.3 Å². The zero-order valence-corrected chi connectivity index (χ0v) is 21.9. The zero-order valence-electron chi connectivity index (χ0n) is 21.9. The van der Waals surface area contributed by atoms with Crippen LogP contribution in [0.25, 0.3) is 0 Å². The Bertz CT molecular complexity index is 934. The fourth-order valence-electron chi connectivity index (χ4n) is 5.38. The number of aryl methyl sites for hydroxylation is 1. The van der Waals surface area contributed by atoms with Gasteiger partial charge >= 0.3 is 6.11 Å². The summed E-state index contributed by atoms with van der Waals surface area (Å²) in [5.41, 5.74) is 1.26. The number of alkyl halides is 2. The molecule has 200 valence electrons. The molecule has 5 heteroatoms. The van der Waals surface area contributed by atoms with Gasteiger partial charge in [-0.1, -0.05) is 70.6 Å². The van der Waals surface area contributed by atoms with Crippen molar-refractivity contribution in [1.82, 2.24) is 0 Å². The maximum atomic E-state index is 14.7. The molecule has 1 nitrogen and oxygen atoms in total. The first kappa shape index (κ1) is 28.7. The molecular weight excluding hydrogens is 464 g/mol. The normalized spacial score (nSPS) is 18.5. The van der Waals surface area contributed by atoms with Crippen molar-refractivity contribution in [2.45, 2.75) is 109 Å². The van der Waals surface area contributed by atoms with Crippen molar-refractivity contribution in [2.24, 2.45) is 5.92 Å². The average molecular weight is 507 g/mol. The molecule has 0 aliphatic heterocycles. The van der Waals surface area contributed by atoms with E-state index in [4.69, 9.17) is 4.74 Å². The van der Waals surface area contributed by atoms with Gasteiger partial charge in [0.05, 0.1) is 12.2 Å². The van der Waals surface area contributed by atoms with Gasteiger partial charge in [0.2, 0.25) is 0 Å². The summed E-state index contributed by atoms with van der Waals surface area (Å²) in [4.78, 5) is 0. The van der Waals surface area contributed by atoms with E-state index in [2.05, 4.69) is 13.8 Å². The van der Waals surface area contributed by atoms with Crippen LogP contribution in [-0.2, 0) is 23.7 Å². The molecule has 0 spiro atoms. The molecule has 0 N–H and O–H groups in total. The summed E-state index contributed by atoms with van der Waals surface area (Å²) >= 11 is 0. The molecule has 0 amide bonds. The smallest absolute Gasteiger partial charge is 0.316 e. The van der Waals surface area contributed by atoms with E-state index in [1.165, 1.54) is 37.8 Å². The highest BCUT2D eigenvalue weighted by molar-refractivity contribution is 5.29. The number of unbranched alkanes of at least 4 members (excludes halogenated alkanes) is 4. The third kappa shape index (κ3) is 8.33. The van der Waals surface area contributed by atoms with Crippen LogP contribution >= 0.6 is 0 Å². The predicted molar refractivity (Wildman–Crippen MR) is 138 cm³/mol. The minimum absolute atomic E-state index is 0.00212. The maximum absolute atomic E-state index is 14.7. The highest BCUT2D eigenvalue weighted by Crippen LogP contribution is 2.39. The van der Waals surface area contributed by atoms with Crippen LogP contribution < -0.4 is 0 Å². The first-order valence-electron chi connectivity index (χ1n) is 13.9. The minimum Gasteiger partial charge on any atom is -0.316 e. The summed E-state index contributed by atoms with van der Waals surface area (Å²) < 4.78 is 63.3. The first-order chi connectivity index (χ1) is 17.3. The Hall–Kier alpha value is -1.88. The van der Waals surface area contributed by atoms with E-state index in [9.17, 15) is 17.6 Å². The highest BCUT2D eigenvalue weighted by Gasteiger charge is 2.36. The fraction of sp³-hybridized carbons (Fsp3) is 0.613. The van der Waals surface area contributed by atoms with E-state index in [-0.39, 0.29) is 12.3 Å². The summed E-state index contributed by atoms with van der Waals surface area (Å²) in [6, 6.07) is 8.97. The van der Waals surface area contributed by atoms with Gasteiger partial charge in [-0.25, -0.2) is 8.78 Å². The quantitative estimate of drug-likeness (QED) is 0.183. The van der Waals surface area contributed by atoms with Crippen molar-refractivity contribution in [2.75, 3.05) is 6.61 Å². The topological polar surface area (TPSA) is 9.23 Å². The molecule has 2 aromatic rings. The van der Waals surface area contributed by atoms with Gasteiger partial charge in [0.15, 0.2) is 0 Å². The Morgan fingerprint density at radius 2 is 1.53 bits per heavy atom. The van der Waals surface area contributed by atoms with Gasteiger partial charge in [0.1, 0.15) is 11.6 Å². The molecule has 0 unspecified atom stereocenters. The van der Waals surface area contributed by atoms with Gasteiger partial charge < -0.3 is 4.74 Å². The molecule has 3 rings (SSSR count). The molecular formula is C31H42F4O. The van der Waals surface area contributed by atoms with Gasteiger partial charge in [0.25, 0.3) is 0 Å². The molecule has 0 bridgehead atoms. The molecule has 1 aliphatic rings. The van der Waals surface area contributed by atoms with E-state index in [1.807, 2.05) is 6.07 Å². The molecule has 36 heavy (non-hydrogen) atoms. The maximum Gasteiger partial charge on any atom is 0.386 e. The number of rotatable bonds is 14. The second-order valence-corrected chi connectivity index (χ2v) is 10.5. The minimum atomic E-state index is -3.77. The van der Waals surface area contributed by atoms with E-state index >= 15 is 0 Å². The van der Waals surface area contributed by atoms with Crippen LogP contribution in [-0.4, -0.2) is 6.61 Å².